The first-order valence-electron chi connectivity index (χ1n) is 13.3. The molecule has 3 aromatic heterocycles. The number of benzene rings is 4. The second-order valence-electron chi connectivity index (χ2n) is 10.0. The van der Waals surface area contributed by atoms with Gasteiger partial charge in [0.25, 0.3) is 0 Å². The fourth-order valence-corrected chi connectivity index (χ4v) is 9.31. The molecule has 0 fully saturated rings. The molecular formula is C36H12N6S3. The van der Waals surface area contributed by atoms with Crippen LogP contribution >= 0.6 is 34.0 Å². The van der Waals surface area contributed by atoms with Crippen molar-refractivity contribution in [1.82, 2.24) is 0 Å². The Kier molecular flexibility index (Phi) is 6.58. The number of hydrogen-bond donors (Lipinski definition) is 0. The van der Waals surface area contributed by atoms with E-state index in [1.807, 2.05) is 0 Å². The zero-order valence-electron chi connectivity index (χ0n) is 22.8. The van der Waals surface area contributed by atoms with E-state index in [-0.39, 0.29) is 0 Å². The Morgan fingerprint density at radius 3 is 0.889 bits per heavy atom. The van der Waals surface area contributed by atoms with E-state index in [1.54, 1.807) is 88.6 Å². The van der Waals surface area contributed by atoms with Crippen molar-refractivity contribution in [3.05, 3.63) is 106 Å². The molecule has 3 heterocycles. The summed E-state index contributed by atoms with van der Waals surface area (Å²) in [4.78, 5) is 2.65. The number of nitrogens with zero attached hydrogens (tertiary/aromatic N) is 6. The molecule has 45 heavy (non-hydrogen) atoms. The average molecular weight is 625 g/mol. The predicted molar refractivity (Wildman–Crippen MR) is 177 cm³/mol. The Hall–Kier alpha value is -6.30. The monoisotopic (exact) mass is 624 g/mol. The first-order valence-corrected chi connectivity index (χ1v) is 15.7. The first kappa shape index (κ1) is 27.5. The van der Waals surface area contributed by atoms with Gasteiger partial charge in [0.1, 0.15) is 0 Å². The summed E-state index contributed by atoms with van der Waals surface area (Å²) in [5, 5.41) is 60.8. The van der Waals surface area contributed by atoms with Crippen molar-refractivity contribution in [1.29, 1.82) is 31.6 Å². The summed E-state index contributed by atoms with van der Waals surface area (Å²) in [5.74, 6) is 0. The highest BCUT2D eigenvalue weighted by Gasteiger charge is 2.21. The fourth-order valence-electron chi connectivity index (χ4n) is 5.44. The van der Waals surface area contributed by atoms with E-state index in [1.165, 1.54) is 0 Å². The standard InChI is InChI=1S/C36H12N6S3/c37-13-19-1-4-25(22(7-19)16-40)31-10-28-34(43-31)29-11-32(26-5-2-20(14-38)8-23(26)17-41)45-36(29)30-12-33(44-35(28)30)27-6-3-21(15-39)9-24(27)18-42/h1-12H. The molecule has 204 valence electrons. The summed E-state index contributed by atoms with van der Waals surface area (Å²) in [5.41, 5.74) is 4.71. The zero-order valence-corrected chi connectivity index (χ0v) is 25.3. The van der Waals surface area contributed by atoms with E-state index >= 15 is 0 Å². The van der Waals surface area contributed by atoms with Crippen molar-refractivity contribution in [3.63, 3.8) is 0 Å². The smallest absolute Gasteiger partial charge is 0.0998 e. The summed E-state index contributed by atoms with van der Waals surface area (Å²) < 4.78 is 3.05. The number of thiophene rings is 3. The average Bonchev–Trinajstić information content (AvgIpc) is 3.84. The summed E-state index contributed by atoms with van der Waals surface area (Å²) >= 11 is 4.69. The fraction of sp³-hybridized carbons (Fsp3) is 0. The maximum atomic E-state index is 9.91. The van der Waals surface area contributed by atoms with Crippen LogP contribution in [0, 0.1) is 68.0 Å². The van der Waals surface area contributed by atoms with Crippen LogP contribution in [-0.4, -0.2) is 0 Å². The second kappa shape index (κ2) is 10.8. The van der Waals surface area contributed by atoms with Crippen LogP contribution in [0.5, 0.6) is 0 Å². The lowest BCUT2D eigenvalue weighted by atomic mass is 10.0. The van der Waals surface area contributed by atoms with Crippen molar-refractivity contribution in [2.75, 3.05) is 0 Å². The normalized spacial score (nSPS) is 10.5. The predicted octanol–water partition coefficient (Wildman–Crippen LogP) is 9.56. The number of nitriles is 6. The van der Waals surface area contributed by atoms with E-state index in [4.69, 9.17) is 0 Å². The first-order chi connectivity index (χ1) is 22.0. The highest BCUT2D eigenvalue weighted by Crippen LogP contribution is 2.51. The molecule has 0 unspecified atom stereocenters. The maximum absolute atomic E-state index is 9.91. The Labute approximate surface area is 268 Å². The van der Waals surface area contributed by atoms with Crippen LogP contribution < -0.4 is 0 Å². The van der Waals surface area contributed by atoms with Gasteiger partial charge in [-0.1, -0.05) is 18.2 Å². The lowest BCUT2D eigenvalue weighted by molar-refractivity contribution is 1.45. The Bertz CT molecular complexity index is 2290. The minimum absolute atomic E-state index is 0.415. The molecule has 0 aliphatic rings. The summed E-state index contributed by atoms with van der Waals surface area (Å²) in [6, 6.07) is 34.6. The molecule has 0 saturated heterocycles. The molecule has 9 heteroatoms. The summed E-state index contributed by atoms with van der Waals surface area (Å²) in [6.45, 7) is 0. The third-order valence-corrected chi connectivity index (χ3v) is 11.1. The SMILES string of the molecule is N#Cc1ccc(-c2cc3c(s2)c2cc(-c4ccc(C#N)cc4C#N)sc2c2cc(-c4ccc(C#N)cc4C#N)sc32)c(C#N)c1. The molecule has 4 aromatic carbocycles. The number of rotatable bonds is 3. The number of hydrogen-bond acceptors (Lipinski definition) is 9. The van der Waals surface area contributed by atoms with Gasteiger partial charge in [0.2, 0.25) is 0 Å². The van der Waals surface area contributed by atoms with Crippen molar-refractivity contribution < 1.29 is 0 Å². The summed E-state index contributed by atoms with van der Waals surface area (Å²) in [6.07, 6.45) is 0. The highest BCUT2D eigenvalue weighted by molar-refractivity contribution is 7.29. The van der Waals surface area contributed by atoms with Crippen LogP contribution in [0.4, 0.5) is 0 Å². The maximum Gasteiger partial charge on any atom is 0.0998 e. The van der Waals surface area contributed by atoms with Gasteiger partial charge >= 0.3 is 0 Å². The van der Waals surface area contributed by atoms with E-state index < -0.39 is 0 Å². The summed E-state index contributed by atoms with van der Waals surface area (Å²) in [7, 11) is 0. The van der Waals surface area contributed by atoms with Crippen LogP contribution in [0.15, 0.2) is 72.8 Å². The highest BCUT2D eigenvalue weighted by atomic mass is 32.1. The minimum Gasteiger partial charge on any atom is -0.192 e. The van der Waals surface area contributed by atoms with Gasteiger partial charge in [-0.3, -0.25) is 0 Å². The van der Waals surface area contributed by atoms with E-state index in [9.17, 15) is 31.6 Å². The lowest BCUT2D eigenvalue weighted by Crippen LogP contribution is -1.83. The third kappa shape index (κ3) is 4.38. The van der Waals surface area contributed by atoms with E-state index in [0.29, 0.717) is 33.4 Å². The zero-order chi connectivity index (χ0) is 31.2. The van der Waals surface area contributed by atoms with Crippen LogP contribution in [0.1, 0.15) is 33.4 Å². The molecule has 0 atom stereocenters. The van der Waals surface area contributed by atoms with Gasteiger partial charge < -0.3 is 0 Å². The van der Waals surface area contributed by atoms with Crippen LogP contribution in [-0.2, 0) is 0 Å². The third-order valence-electron chi connectivity index (χ3n) is 7.53. The number of fused-ring (bicyclic) bond motifs is 6. The second-order valence-corrected chi connectivity index (χ2v) is 13.2. The molecule has 6 nitrogen and oxygen atoms in total. The Morgan fingerprint density at radius 1 is 0.356 bits per heavy atom. The Morgan fingerprint density at radius 2 is 0.644 bits per heavy atom. The molecule has 0 aliphatic carbocycles. The Balaban J connectivity index is 1.56. The molecule has 0 bridgehead atoms. The van der Waals surface area contributed by atoms with E-state index in [2.05, 4.69) is 54.6 Å². The molecule has 0 aliphatic heterocycles. The quantitative estimate of drug-likeness (QED) is 0.191. The van der Waals surface area contributed by atoms with Gasteiger partial charge in [0, 0.05) is 61.6 Å². The van der Waals surface area contributed by atoms with Crippen molar-refractivity contribution >= 4 is 64.3 Å². The van der Waals surface area contributed by atoms with Gasteiger partial charge in [0.15, 0.2) is 0 Å². The van der Waals surface area contributed by atoms with Gasteiger partial charge in [-0.25, -0.2) is 0 Å². The van der Waals surface area contributed by atoms with Crippen LogP contribution in [0.2, 0.25) is 0 Å². The molecule has 0 saturated carbocycles. The molecule has 0 radical (unpaired) electrons. The molecule has 7 rings (SSSR count). The van der Waals surface area contributed by atoms with E-state index in [0.717, 1.165) is 61.6 Å². The van der Waals surface area contributed by atoms with Gasteiger partial charge in [-0.2, -0.15) is 31.6 Å². The topological polar surface area (TPSA) is 143 Å². The van der Waals surface area contributed by atoms with Crippen molar-refractivity contribution in [2.24, 2.45) is 0 Å². The van der Waals surface area contributed by atoms with Crippen LogP contribution in [0.25, 0.3) is 61.6 Å². The lowest BCUT2D eigenvalue weighted by Gasteiger charge is -2.01. The molecular weight excluding hydrogens is 613 g/mol. The molecule has 0 amide bonds. The molecule has 7 aromatic rings. The molecule has 0 spiro atoms. The molecule has 0 N–H and O–H groups in total. The van der Waals surface area contributed by atoms with Crippen LogP contribution in [0.3, 0.4) is 0 Å². The minimum atomic E-state index is 0.415. The van der Waals surface area contributed by atoms with Gasteiger partial charge in [-0.15, -0.1) is 34.0 Å². The van der Waals surface area contributed by atoms with Crippen molar-refractivity contribution in [2.45, 2.75) is 0 Å². The van der Waals surface area contributed by atoms with Gasteiger partial charge in [-0.05, 0) is 54.6 Å². The van der Waals surface area contributed by atoms with Gasteiger partial charge in [0.05, 0.1) is 69.8 Å². The van der Waals surface area contributed by atoms with Crippen molar-refractivity contribution in [3.8, 4) is 67.7 Å². The largest absolute Gasteiger partial charge is 0.192 e.